The first-order valence-electron chi connectivity index (χ1n) is 6.29. The van der Waals surface area contributed by atoms with Crippen molar-refractivity contribution in [2.45, 2.75) is 25.7 Å². The van der Waals surface area contributed by atoms with Gasteiger partial charge in [0.1, 0.15) is 11.6 Å². The summed E-state index contributed by atoms with van der Waals surface area (Å²) in [5.74, 6) is 1.58. The first-order valence-corrected chi connectivity index (χ1v) is 6.29. The van der Waals surface area contributed by atoms with Crippen molar-refractivity contribution in [3.05, 3.63) is 47.7 Å². The maximum atomic E-state index is 12.0. The molecule has 19 heavy (non-hydrogen) atoms. The van der Waals surface area contributed by atoms with Gasteiger partial charge < -0.3 is 5.32 Å². The van der Waals surface area contributed by atoms with E-state index in [2.05, 4.69) is 20.3 Å². The molecule has 0 spiro atoms. The molecule has 5 heteroatoms. The molecule has 2 aromatic heterocycles. The molecule has 0 aromatic carbocycles. The zero-order valence-corrected chi connectivity index (χ0v) is 10.6. The third-order valence-corrected chi connectivity index (χ3v) is 3.02. The van der Waals surface area contributed by atoms with Gasteiger partial charge in [-0.05, 0) is 31.9 Å². The highest BCUT2D eigenvalue weighted by Gasteiger charge is 2.26. The van der Waals surface area contributed by atoms with Gasteiger partial charge in [0, 0.05) is 30.1 Å². The average molecular weight is 254 g/mol. The molecule has 1 saturated carbocycles. The molecule has 0 atom stereocenters. The molecule has 1 amide bonds. The summed E-state index contributed by atoms with van der Waals surface area (Å²) in [5, 5.41) is 2.79. The second kappa shape index (κ2) is 4.76. The van der Waals surface area contributed by atoms with Crippen LogP contribution in [0.5, 0.6) is 0 Å². The van der Waals surface area contributed by atoms with Crippen molar-refractivity contribution in [2.75, 3.05) is 5.32 Å². The van der Waals surface area contributed by atoms with E-state index in [0.29, 0.717) is 23.1 Å². The summed E-state index contributed by atoms with van der Waals surface area (Å²) in [5.41, 5.74) is 1.54. The predicted octanol–water partition coefficient (Wildman–Crippen LogP) is 2.31. The summed E-state index contributed by atoms with van der Waals surface area (Å²) in [6, 6.07) is 5.31. The molecule has 0 aliphatic heterocycles. The van der Waals surface area contributed by atoms with Gasteiger partial charge in [-0.2, -0.15) is 0 Å². The van der Waals surface area contributed by atoms with Crippen LogP contribution in [0.4, 0.5) is 5.82 Å². The Morgan fingerprint density at radius 1 is 1.37 bits per heavy atom. The predicted molar refractivity (Wildman–Crippen MR) is 70.9 cm³/mol. The van der Waals surface area contributed by atoms with E-state index in [4.69, 9.17) is 0 Å². The molecular formula is C14H14N4O. The lowest BCUT2D eigenvalue weighted by atomic mass is 10.2. The second-order valence-corrected chi connectivity index (χ2v) is 4.70. The van der Waals surface area contributed by atoms with Crippen molar-refractivity contribution in [1.29, 1.82) is 0 Å². The molecule has 0 radical (unpaired) electrons. The van der Waals surface area contributed by atoms with Crippen LogP contribution in [0.1, 0.15) is 40.6 Å². The van der Waals surface area contributed by atoms with Gasteiger partial charge in [0.25, 0.3) is 5.91 Å². The largest absolute Gasteiger partial charge is 0.306 e. The van der Waals surface area contributed by atoms with Crippen LogP contribution in [-0.4, -0.2) is 20.9 Å². The number of carbonyl (C=O) groups is 1. The molecule has 2 heterocycles. The van der Waals surface area contributed by atoms with E-state index in [1.807, 2.05) is 13.0 Å². The molecule has 96 valence electrons. The molecule has 2 aromatic rings. The number of nitrogens with one attached hydrogen (secondary N) is 1. The number of hydrogen-bond acceptors (Lipinski definition) is 4. The minimum atomic E-state index is -0.201. The zero-order valence-electron chi connectivity index (χ0n) is 10.6. The van der Waals surface area contributed by atoms with Crippen molar-refractivity contribution in [2.24, 2.45) is 0 Å². The van der Waals surface area contributed by atoms with Crippen LogP contribution >= 0.6 is 0 Å². The molecule has 1 fully saturated rings. The number of amides is 1. The number of rotatable bonds is 3. The number of aromatic nitrogens is 3. The van der Waals surface area contributed by atoms with Crippen molar-refractivity contribution in [3.8, 4) is 0 Å². The standard InChI is InChI=1S/C14H14N4O/c1-9-16-12(10-4-5-10)7-13(17-9)18-14(19)11-3-2-6-15-8-11/h2-3,6-8,10H,4-5H2,1H3,(H,16,17,18,19). The Morgan fingerprint density at radius 2 is 2.21 bits per heavy atom. The maximum Gasteiger partial charge on any atom is 0.258 e. The highest BCUT2D eigenvalue weighted by atomic mass is 16.1. The molecule has 3 rings (SSSR count). The first-order chi connectivity index (χ1) is 9.22. The summed E-state index contributed by atoms with van der Waals surface area (Å²) < 4.78 is 0. The van der Waals surface area contributed by atoms with Crippen LogP contribution in [0.25, 0.3) is 0 Å². The molecule has 1 N–H and O–H groups in total. The number of aryl methyl sites for hydroxylation is 1. The van der Waals surface area contributed by atoms with Gasteiger partial charge in [-0.25, -0.2) is 9.97 Å². The summed E-state index contributed by atoms with van der Waals surface area (Å²) in [6.45, 7) is 1.84. The van der Waals surface area contributed by atoms with Gasteiger partial charge in [0.05, 0.1) is 5.56 Å². The van der Waals surface area contributed by atoms with Crippen molar-refractivity contribution >= 4 is 11.7 Å². The maximum absolute atomic E-state index is 12.0. The van der Waals surface area contributed by atoms with E-state index in [0.717, 1.165) is 5.69 Å². The van der Waals surface area contributed by atoms with Crippen LogP contribution in [0, 0.1) is 6.92 Å². The number of nitrogens with zero attached hydrogens (tertiary/aromatic N) is 3. The summed E-state index contributed by atoms with van der Waals surface area (Å²) >= 11 is 0. The minimum Gasteiger partial charge on any atom is -0.306 e. The molecule has 0 saturated heterocycles. The fourth-order valence-corrected chi connectivity index (χ4v) is 1.93. The first kappa shape index (κ1) is 11.8. The SMILES string of the molecule is Cc1nc(NC(=O)c2cccnc2)cc(C2CC2)n1. The third kappa shape index (κ3) is 2.76. The van der Waals surface area contributed by atoms with Gasteiger partial charge in [0.2, 0.25) is 0 Å². The van der Waals surface area contributed by atoms with Crippen LogP contribution in [0.15, 0.2) is 30.6 Å². The van der Waals surface area contributed by atoms with E-state index in [1.54, 1.807) is 18.3 Å². The smallest absolute Gasteiger partial charge is 0.258 e. The van der Waals surface area contributed by atoms with Crippen LogP contribution in [-0.2, 0) is 0 Å². The Hall–Kier alpha value is -2.30. The third-order valence-electron chi connectivity index (χ3n) is 3.02. The highest BCUT2D eigenvalue weighted by Crippen LogP contribution is 2.39. The summed E-state index contributed by atoms with van der Waals surface area (Å²) in [6.07, 6.45) is 5.51. The van der Waals surface area contributed by atoms with Gasteiger partial charge in [-0.1, -0.05) is 0 Å². The second-order valence-electron chi connectivity index (χ2n) is 4.70. The number of carbonyl (C=O) groups excluding carboxylic acids is 1. The molecule has 1 aliphatic rings. The fraction of sp³-hybridized carbons (Fsp3) is 0.286. The van der Waals surface area contributed by atoms with E-state index in [9.17, 15) is 4.79 Å². The molecule has 5 nitrogen and oxygen atoms in total. The van der Waals surface area contributed by atoms with Crippen molar-refractivity contribution in [3.63, 3.8) is 0 Å². The monoisotopic (exact) mass is 254 g/mol. The van der Waals surface area contributed by atoms with E-state index < -0.39 is 0 Å². The lowest BCUT2D eigenvalue weighted by molar-refractivity contribution is 0.102. The lowest BCUT2D eigenvalue weighted by Gasteiger charge is -2.07. The van der Waals surface area contributed by atoms with Gasteiger partial charge in [-0.3, -0.25) is 9.78 Å². The van der Waals surface area contributed by atoms with Gasteiger partial charge in [0.15, 0.2) is 0 Å². The van der Waals surface area contributed by atoms with E-state index in [-0.39, 0.29) is 5.91 Å². The van der Waals surface area contributed by atoms with Crippen molar-refractivity contribution < 1.29 is 4.79 Å². The lowest BCUT2D eigenvalue weighted by Crippen LogP contribution is -2.14. The van der Waals surface area contributed by atoms with Gasteiger partial charge in [-0.15, -0.1) is 0 Å². The zero-order chi connectivity index (χ0) is 13.2. The average Bonchev–Trinajstić information content (AvgIpc) is 3.23. The van der Waals surface area contributed by atoms with Crippen LogP contribution < -0.4 is 5.32 Å². The van der Waals surface area contributed by atoms with E-state index in [1.165, 1.54) is 19.0 Å². The Labute approximate surface area is 111 Å². The fourth-order valence-electron chi connectivity index (χ4n) is 1.93. The van der Waals surface area contributed by atoms with E-state index >= 15 is 0 Å². The number of hydrogen-bond donors (Lipinski definition) is 1. The Kier molecular flexibility index (Phi) is 2.95. The Morgan fingerprint density at radius 3 is 2.89 bits per heavy atom. The summed E-state index contributed by atoms with van der Waals surface area (Å²) in [4.78, 5) is 24.6. The minimum absolute atomic E-state index is 0.201. The van der Waals surface area contributed by atoms with Crippen LogP contribution in [0.2, 0.25) is 0 Å². The Balaban J connectivity index is 1.81. The number of anilines is 1. The molecular weight excluding hydrogens is 240 g/mol. The van der Waals surface area contributed by atoms with Crippen LogP contribution in [0.3, 0.4) is 0 Å². The quantitative estimate of drug-likeness (QED) is 0.912. The number of pyridine rings is 1. The van der Waals surface area contributed by atoms with Gasteiger partial charge >= 0.3 is 0 Å². The van der Waals surface area contributed by atoms with Crippen molar-refractivity contribution in [1.82, 2.24) is 15.0 Å². The normalized spacial score (nSPS) is 14.2. The summed E-state index contributed by atoms with van der Waals surface area (Å²) in [7, 11) is 0. The molecule has 0 unspecified atom stereocenters. The molecule has 0 bridgehead atoms. The Bertz CT molecular complexity index is 608. The highest BCUT2D eigenvalue weighted by molar-refractivity contribution is 6.03. The molecule has 1 aliphatic carbocycles. The topological polar surface area (TPSA) is 67.8 Å².